The summed E-state index contributed by atoms with van der Waals surface area (Å²) in [5, 5.41) is 1.34. The van der Waals surface area contributed by atoms with E-state index < -0.39 is 0 Å². The van der Waals surface area contributed by atoms with Gasteiger partial charge in [-0.25, -0.2) is 0 Å². The van der Waals surface area contributed by atoms with E-state index in [0.29, 0.717) is 0 Å². The Bertz CT molecular complexity index is 773. The van der Waals surface area contributed by atoms with Gasteiger partial charge in [0, 0.05) is 23.0 Å². The number of hydrogen-bond acceptors (Lipinski definition) is 1. The monoisotopic (exact) mass is 277 g/mol. The van der Waals surface area contributed by atoms with E-state index in [1.165, 1.54) is 27.7 Å². The molecule has 2 heterocycles. The van der Waals surface area contributed by atoms with Crippen molar-refractivity contribution in [1.29, 1.82) is 0 Å². The van der Waals surface area contributed by atoms with Crippen LogP contribution >= 0.6 is 0 Å². The maximum absolute atomic E-state index is 6.02. The van der Waals surface area contributed by atoms with Gasteiger partial charge in [0.25, 0.3) is 0 Å². The average Bonchev–Trinajstić information content (AvgIpc) is 2.90. The number of hydrogen-bond donors (Lipinski definition) is 0. The van der Waals surface area contributed by atoms with E-state index in [9.17, 15) is 0 Å². The van der Waals surface area contributed by atoms with Gasteiger partial charge in [-0.15, -0.1) is 0 Å². The van der Waals surface area contributed by atoms with E-state index in [0.717, 1.165) is 19.6 Å². The van der Waals surface area contributed by atoms with Gasteiger partial charge < -0.3 is 9.30 Å². The van der Waals surface area contributed by atoms with E-state index in [-0.39, 0.29) is 6.10 Å². The molecule has 0 saturated heterocycles. The van der Waals surface area contributed by atoms with Crippen molar-refractivity contribution < 1.29 is 4.74 Å². The number of benzene rings is 2. The van der Waals surface area contributed by atoms with Gasteiger partial charge in [-0.3, -0.25) is 0 Å². The van der Waals surface area contributed by atoms with Crippen LogP contribution in [0.3, 0.4) is 0 Å². The van der Waals surface area contributed by atoms with Crippen molar-refractivity contribution in [3.8, 4) is 11.1 Å². The molecule has 0 fully saturated rings. The Morgan fingerprint density at radius 3 is 2.62 bits per heavy atom. The summed E-state index contributed by atoms with van der Waals surface area (Å²) in [5.41, 5.74) is 5.30. The van der Waals surface area contributed by atoms with Crippen LogP contribution in [-0.4, -0.2) is 11.2 Å². The van der Waals surface area contributed by atoms with Gasteiger partial charge in [0.05, 0.1) is 18.4 Å². The molecule has 1 unspecified atom stereocenters. The SMILES string of the molecule is CCC1OCCn2c1c(-c1ccccc1)c1ccccc12. The van der Waals surface area contributed by atoms with Crippen LogP contribution in [-0.2, 0) is 11.3 Å². The smallest absolute Gasteiger partial charge is 0.0979 e. The highest BCUT2D eigenvalue weighted by molar-refractivity contribution is 5.98. The molecule has 2 aromatic carbocycles. The van der Waals surface area contributed by atoms with Crippen molar-refractivity contribution in [3.05, 3.63) is 60.3 Å². The fourth-order valence-electron chi connectivity index (χ4n) is 3.48. The molecule has 2 heteroatoms. The van der Waals surface area contributed by atoms with Crippen molar-refractivity contribution in [1.82, 2.24) is 4.57 Å². The summed E-state index contributed by atoms with van der Waals surface area (Å²) in [5.74, 6) is 0. The van der Waals surface area contributed by atoms with E-state index >= 15 is 0 Å². The van der Waals surface area contributed by atoms with E-state index in [1.807, 2.05) is 0 Å². The third-order valence-corrected chi connectivity index (χ3v) is 4.38. The van der Waals surface area contributed by atoms with E-state index in [4.69, 9.17) is 4.74 Å². The van der Waals surface area contributed by atoms with Gasteiger partial charge in [-0.2, -0.15) is 0 Å². The zero-order valence-electron chi connectivity index (χ0n) is 12.3. The third-order valence-electron chi connectivity index (χ3n) is 4.38. The molecule has 1 atom stereocenters. The van der Waals surface area contributed by atoms with E-state index in [2.05, 4.69) is 66.1 Å². The first-order chi connectivity index (χ1) is 10.4. The highest BCUT2D eigenvalue weighted by Gasteiger charge is 2.27. The normalized spacial score (nSPS) is 17.9. The van der Waals surface area contributed by atoms with Crippen LogP contribution in [0, 0.1) is 0 Å². The molecule has 21 heavy (non-hydrogen) atoms. The van der Waals surface area contributed by atoms with Gasteiger partial charge in [0.15, 0.2) is 0 Å². The Hall–Kier alpha value is -2.06. The summed E-state index contributed by atoms with van der Waals surface area (Å²) in [6.45, 7) is 3.95. The van der Waals surface area contributed by atoms with Gasteiger partial charge in [-0.1, -0.05) is 55.5 Å². The minimum Gasteiger partial charge on any atom is -0.370 e. The Morgan fingerprint density at radius 1 is 1.05 bits per heavy atom. The molecule has 1 aliphatic heterocycles. The molecule has 2 nitrogen and oxygen atoms in total. The van der Waals surface area contributed by atoms with Crippen molar-refractivity contribution in [3.63, 3.8) is 0 Å². The summed E-state index contributed by atoms with van der Waals surface area (Å²) in [7, 11) is 0. The molecule has 1 aliphatic rings. The maximum atomic E-state index is 6.02. The van der Waals surface area contributed by atoms with Crippen LogP contribution in [0.15, 0.2) is 54.6 Å². The molecular formula is C19H19NO. The molecule has 0 spiro atoms. The lowest BCUT2D eigenvalue weighted by atomic mass is 9.98. The van der Waals surface area contributed by atoms with Gasteiger partial charge in [-0.05, 0) is 18.1 Å². The standard InChI is InChI=1S/C19H19NO/c1-2-17-19-18(14-8-4-3-5-9-14)15-10-6-7-11-16(15)20(19)12-13-21-17/h3-11,17H,2,12-13H2,1H3. The maximum Gasteiger partial charge on any atom is 0.0979 e. The lowest BCUT2D eigenvalue weighted by Gasteiger charge is -2.26. The van der Waals surface area contributed by atoms with Crippen LogP contribution in [0.1, 0.15) is 25.1 Å². The molecule has 4 rings (SSSR count). The zero-order chi connectivity index (χ0) is 14.2. The largest absolute Gasteiger partial charge is 0.370 e. The summed E-state index contributed by atoms with van der Waals surface area (Å²) >= 11 is 0. The second-order valence-corrected chi connectivity index (χ2v) is 5.56. The Balaban J connectivity index is 2.09. The summed E-state index contributed by atoms with van der Waals surface area (Å²) < 4.78 is 8.48. The first-order valence-corrected chi connectivity index (χ1v) is 7.68. The van der Waals surface area contributed by atoms with Crippen LogP contribution < -0.4 is 0 Å². The molecule has 3 aromatic rings. The van der Waals surface area contributed by atoms with Crippen molar-refractivity contribution in [2.24, 2.45) is 0 Å². The minimum absolute atomic E-state index is 0.196. The Morgan fingerprint density at radius 2 is 1.81 bits per heavy atom. The lowest BCUT2D eigenvalue weighted by molar-refractivity contribution is 0.0200. The second-order valence-electron chi connectivity index (χ2n) is 5.56. The lowest BCUT2D eigenvalue weighted by Crippen LogP contribution is -2.21. The predicted molar refractivity (Wildman–Crippen MR) is 86.4 cm³/mol. The van der Waals surface area contributed by atoms with E-state index in [1.54, 1.807) is 0 Å². The average molecular weight is 277 g/mol. The number of para-hydroxylation sites is 1. The summed E-state index contributed by atoms with van der Waals surface area (Å²) in [6, 6.07) is 19.4. The summed E-state index contributed by atoms with van der Waals surface area (Å²) in [4.78, 5) is 0. The second kappa shape index (κ2) is 5.05. The number of fused-ring (bicyclic) bond motifs is 3. The highest BCUT2D eigenvalue weighted by Crippen LogP contribution is 2.41. The van der Waals surface area contributed by atoms with Crippen LogP contribution in [0.2, 0.25) is 0 Å². The highest BCUT2D eigenvalue weighted by atomic mass is 16.5. The molecule has 0 radical (unpaired) electrons. The number of rotatable bonds is 2. The number of aromatic nitrogens is 1. The number of ether oxygens (including phenoxy) is 1. The summed E-state index contributed by atoms with van der Waals surface area (Å²) in [6.07, 6.45) is 1.21. The topological polar surface area (TPSA) is 14.2 Å². The predicted octanol–water partition coefficient (Wildman–Crippen LogP) is 4.79. The van der Waals surface area contributed by atoms with Crippen LogP contribution in [0.5, 0.6) is 0 Å². The first-order valence-electron chi connectivity index (χ1n) is 7.68. The minimum atomic E-state index is 0.196. The van der Waals surface area contributed by atoms with Crippen molar-refractivity contribution in [2.75, 3.05) is 6.61 Å². The Kier molecular flexibility index (Phi) is 3.04. The molecular weight excluding hydrogens is 258 g/mol. The Labute approximate surface area is 125 Å². The van der Waals surface area contributed by atoms with Gasteiger partial charge >= 0.3 is 0 Å². The molecule has 0 aliphatic carbocycles. The van der Waals surface area contributed by atoms with Gasteiger partial charge in [0.1, 0.15) is 0 Å². The molecule has 106 valence electrons. The first kappa shape index (κ1) is 12.7. The third kappa shape index (κ3) is 1.90. The fourth-order valence-corrected chi connectivity index (χ4v) is 3.48. The quantitative estimate of drug-likeness (QED) is 0.657. The molecule has 0 saturated carbocycles. The molecule has 0 N–H and O–H groups in total. The van der Waals surface area contributed by atoms with Crippen molar-refractivity contribution >= 4 is 10.9 Å². The molecule has 0 bridgehead atoms. The molecule has 0 amide bonds. The van der Waals surface area contributed by atoms with Crippen molar-refractivity contribution in [2.45, 2.75) is 26.0 Å². The fraction of sp³-hybridized carbons (Fsp3) is 0.263. The molecule has 1 aromatic heterocycles. The van der Waals surface area contributed by atoms with Crippen LogP contribution in [0.25, 0.3) is 22.0 Å². The van der Waals surface area contributed by atoms with Crippen LogP contribution in [0.4, 0.5) is 0 Å². The van der Waals surface area contributed by atoms with Gasteiger partial charge in [0.2, 0.25) is 0 Å². The zero-order valence-corrected chi connectivity index (χ0v) is 12.3. The number of nitrogens with zero attached hydrogens (tertiary/aromatic N) is 1.